The molecule has 0 fully saturated rings. The molecular weight excluding hydrogens is 284 g/mol. The predicted octanol–water partition coefficient (Wildman–Crippen LogP) is 2.46. The molecule has 0 amide bonds. The van der Waals surface area contributed by atoms with Gasteiger partial charge < -0.3 is 10.6 Å². The Labute approximate surface area is 129 Å². The van der Waals surface area contributed by atoms with Crippen LogP contribution < -0.4 is 10.6 Å². The summed E-state index contributed by atoms with van der Waals surface area (Å²) >= 11 is 1.40. The van der Waals surface area contributed by atoms with Gasteiger partial charge in [-0.3, -0.25) is 0 Å². The van der Waals surface area contributed by atoms with Gasteiger partial charge in [-0.2, -0.15) is 15.0 Å². The number of nitrogens with zero attached hydrogens (tertiary/aromatic N) is 5. The van der Waals surface area contributed by atoms with E-state index in [1.807, 2.05) is 30.9 Å². The van der Waals surface area contributed by atoms with Gasteiger partial charge in [0.2, 0.25) is 17.1 Å². The molecule has 0 aliphatic heterocycles. The Morgan fingerprint density at radius 2 is 1.76 bits per heavy atom. The van der Waals surface area contributed by atoms with Gasteiger partial charge in [-0.1, -0.05) is 0 Å². The van der Waals surface area contributed by atoms with E-state index in [0.29, 0.717) is 11.1 Å². The number of hydrogen-bond donors (Lipinski definition) is 1. The minimum atomic E-state index is 0.235. The topological polar surface area (TPSA) is 80.8 Å². The molecule has 0 saturated heterocycles. The predicted molar refractivity (Wildman–Crippen MR) is 85.6 cm³/mol. The Hall–Kier alpha value is -1.89. The molecule has 0 atom stereocenters. The van der Waals surface area contributed by atoms with Crippen LogP contribution in [0.5, 0.6) is 0 Å². The molecule has 2 heterocycles. The Bertz CT molecular complexity index is 607. The van der Waals surface area contributed by atoms with Crippen LogP contribution in [0, 0.1) is 13.8 Å². The Morgan fingerprint density at radius 1 is 1.05 bits per heavy atom. The lowest BCUT2D eigenvalue weighted by Gasteiger charge is -2.18. The van der Waals surface area contributed by atoms with Crippen LogP contribution in [0.25, 0.3) is 0 Å². The highest BCUT2D eigenvalue weighted by Crippen LogP contribution is 2.25. The zero-order chi connectivity index (χ0) is 15.4. The maximum atomic E-state index is 5.80. The van der Waals surface area contributed by atoms with Crippen molar-refractivity contribution in [2.24, 2.45) is 0 Å². The summed E-state index contributed by atoms with van der Waals surface area (Å²) < 4.78 is 0. The zero-order valence-electron chi connectivity index (χ0n) is 12.8. The summed E-state index contributed by atoms with van der Waals surface area (Å²) in [4.78, 5) is 19.4. The fourth-order valence-electron chi connectivity index (χ4n) is 2.00. The first-order valence-corrected chi connectivity index (χ1v) is 7.73. The van der Waals surface area contributed by atoms with E-state index in [4.69, 9.17) is 5.73 Å². The van der Waals surface area contributed by atoms with Crippen molar-refractivity contribution in [2.75, 3.05) is 23.7 Å². The number of nitrogens with two attached hydrogens (primary N) is 1. The van der Waals surface area contributed by atoms with Crippen LogP contribution in [0.4, 0.5) is 11.9 Å². The monoisotopic (exact) mass is 304 g/mol. The van der Waals surface area contributed by atoms with Gasteiger partial charge in [0.25, 0.3) is 0 Å². The second-order valence-corrected chi connectivity index (χ2v) is 5.66. The van der Waals surface area contributed by atoms with Gasteiger partial charge in [-0.05, 0) is 57.2 Å². The lowest BCUT2D eigenvalue weighted by molar-refractivity contribution is 0.786. The largest absolute Gasteiger partial charge is 0.368 e. The molecule has 0 bridgehead atoms. The molecule has 21 heavy (non-hydrogen) atoms. The van der Waals surface area contributed by atoms with E-state index in [1.54, 1.807) is 0 Å². The van der Waals surface area contributed by atoms with Crippen molar-refractivity contribution in [3.8, 4) is 0 Å². The third-order valence-electron chi connectivity index (χ3n) is 2.94. The first-order valence-electron chi connectivity index (χ1n) is 6.91. The number of hydrogen-bond acceptors (Lipinski definition) is 7. The van der Waals surface area contributed by atoms with Crippen LogP contribution in [0.1, 0.15) is 25.1 Å². The zero-order valence-corrected chi connectivity index (χ0v) is 13.6. The SMILES string of the molecule is CCN(CC)c1nc(N)nc(Sc2cc(C)cc(C)n2)n1. The molecule has 2 rings (SSSR count). The number of rotatable bonds is 5. The maximum Gasteiger partial charge on any atom is 0.231 e. The molecule has 0 aliphatic rings. The van der Waals surface area contributed by atoms with Crippen LogP contribution in [0.15, 0.2) is 22.3 Å². The fraction of sp³-hybridized carbons (Fsp3) is 0.429. The van der Waals surface area contributed by atoms with Gasteiger partial charge in [-0.15, -0.1) is 0 Å². The molecule has 2 aromatic rings. The number of aryl methyl sites for hydroxylation is 2. The fourth-order valence-corrected chi connectivity index (χ4v) is 2.89. The molecule has 7 heteroatoms. The number of pyridine rings is 1. The third kappa shape index (κ3) is 4.04. The van der Waals surface area contributed by atoms with E-state index < -0.39 is 0 Å². The molecule has 0 radical (unpaired) electrons. The summed E-state index contributed by atoms with van der Waals surface area (Å²) in [7, 11) is 0. The number of anilines is 2. The first kappa shape index (κ1) is 15.5. The molecular formula is C14H20N6S. The highest BCUT2D eigenvalue weighted by Gasteiger charge is 2.11. The van der Waals surface area contributed by atoms with Crippen LogP contribution in [-0.4, -0.2) is 33.0 Å². The van der Waals surface area contributed by atoms with Crippen molar-refractivity contribution >= 4 is 23.7 Å². The van der Waals surface area contributed by atoms with Crippen LogP contribution in [0.2, 0.25) is 0 Å². The van der Waals surface area contributed by atoms with Crippen molar-refractivity contribution in [2.45, 2.75) is 37.9 Å². The van der Waals surface area contributed by atoms with E-state index in [1.165, 1.54) is 11.8 Å². The van der Waals surface area contributed by atoms with E-state index in [0.717, 1.165) is 29.4 Å². The van der Waals surface area contributed by atoms with Gasteiger partial charge in [0.05, 0.1) is 0 Å². The molecule has 6 nitrogen and oxygen atoms in total. The Kier molecular flexibility index (Phi) is 4.95. The van der Waals surface area contributed by atoms with Gasteiger partial charge in [0.1, 0.15) is 5.03 Å². The average molecular weight is 304 g/mol. The molecule has 0 aliphatic carbocycles. The minimum Gasteiger partial charge on any atom is -0.368 e. The lowest BCUT2D eigenvalue weighted by atomic mass is 10.3. The molecule has 0 spiro atoms. The van der Waals surface area contributed by atoms with Crippen LogP contribution in [-0.2, 0) is 0 Å². The van der Waals surface area contributed by atoms with E-state index in [9.17, 15) is 0 Å². The van der Waals surface area contributed by atoms with E-state index >= 15 is 0 Å². The summed E-state index contributed by atoms with van der Waals surface area (Å²) in [5.74, 6) is 0.846. The average Bonchev–Trinajstić information content (AvgIpc) is 2.38. The Balaban J connectivity index is 2.31. The summed E-state index contributed by atoms with van der Waals surface area (Å²) in [6.07, 6.45) is 0. The lowest BCUT2D eigenvalue weighted by Crippen LogP contribution is -2.25. The standard InChI is InChI=1S/C14H20N6S/c1-5-20(6-2)13-17-12(15)18-14(19-13)21-11-8-9(3)7-10(4)16-11/h7-8H,5-6H2,1-4H3,(H2,15,17,18,19). The van der Waals surface area contributed by atoms with Crippen molar-refractivity contribution in [1.29, 1.82) is 0 Å². The third-order valence-corrected chi connectivity index (χ3v) is 3.72. The summed E-state index contributed by atoms with van der Waals surface area (Å²) in [5, 5.41) is 1.44. The second kappa shape index (κ2) is 6.71. The molecule has 2 aromatic heterocycles. The highest BCUT2D eigenvalue weighted by atomic mass is 32.2. The number of aromatic nitrogens is 4. The Morgan fingerprint density at radius 3 is 2.38 bits per heavy atom. The van der Waals surface area contributed by atoms with Crippen molar-refractivity contribution in [3.05, 3.63) is 23.4 Å². The first-order chi connectivity index (χ1) is 10.0. The van der Waals surface area contributed by atoms with Crippen molar-refractivity contribution < 1.29 is 0 Å². The second-order valence-electron chi connectivity index (χ2n) is 4.67. The summed E-state index contributed by atoms with van der Waals surface area (Å²) in [6.45, 7) is 9.78. The summed E-state index contributed by atoms with van der Waals surface area (Å²) in [6, 6.07) is 4.04. The van der Waals surface area contributed by atoms with Crippen LogP contribution in [0.3, 0.4) is 0 Å². The molecule has 112 valence electrons. The van der Waals surface area contributed by atoms with E-state index in [2.05, 4.69) is 33.8 Å². The van der Waals surface area contributed by atoms with Gasteiger partial charge >= 0.3 is 0 Å². The quantitative estimate of drug-likeness (QED) is 0.908. The summed E-state index contributed by atoms with van der Waals surface area (Å²) in [5.41, 5.74) is 7.94. The van der Waals surface area contributed by atoms with Gasteiger partial charge in [0.15, 0.2) is 0 Å². The van der Waals surface area contributed by atoms with Crippen molar-refractivity contribution in [1.82, 2.24) is 19.9 Å². The number of nitrogen functional groups attached to an aromatic ring is 1. The maximum absolute atomic E-state index is 5.80. The highest BCUT2D eigenvalue weighted by molar-refractivity contribution is 7.99. The molecule has 2 N–H and O–H groups in total. The van der Waals surface area contributed by atoms with Gasteiger partial charge in [0, 0.05) is 18.8 Å². The van der Waals surface area contributed by atoms with Crippen LogP contribution >= 0.6 is 11.8 Å². The van der Waals surface area contributed by atoms with Crippen molar-refractivity contribution in [3.63, 3.8) is 0 Å². The van der Waals surface area contributed by atoms with Gasteiger partial charge in [-0.25, -0.2) is 4.98 Å². The molecule has 0 unspecified atom stereocenters. The smallest absolute Gasteiger partial charge is 0.231 e. The minimum absolute atomic E-state index is 0.235. The van der Waals surface area contributed by atoms with E-state index in [-0.39, 0.29) is 5.95 Å². The molecule has 0 aromatic carbocycles. The normalized spacial score (nSPS) is 10.7. The molecule has 0 saturated carbocycles.